The quantitative estimate of drug-likeness (QED) is 0.853. The predicted octanol–water partition coefficient (Wildman–Crippen LogP) is 3.13. The Morgan fingerprint density at radius 3 is 2.29 bits per heavy atom. The average molecular weight is 344 g/mol. The Labute approximate surface area is 148 Å². The fourth-order valence-electron chi connectivity index (χ4n) is 2.98. The van der Waals surface area contributed by atoms with E-state index in [1.165, 1.54) is 0 Å². The molecule has 1 heterocycles. The van der Waals surface area contributed by atoms with Crippen molar-refractivity contribution in [1.29, 1.82) is 0 Å². The van der Waals surface area contributed by atoms with Crippen LogP contribution in [0.2, 0.25) is 5.02 Å². The van der Waals surface area contributed by atoms with Gasteiger partial charge >= 0.3 is 0 Å². The van der Waals surface area contributed by atoms with Crippen molar-refractivity contribution in [3.8, 4) is 0 Å². The van der Waals surface area contributed by atoms with Crippen LogP contribution in [0.5, 0.6) is 0 Å². The highest BCUT2D eigenvalue weighted by Crippen LogP contribution is 2.26. The van der Waals surface area contributed by atoms with Gasteiger partial charge in [-0.3, -0.25) is 4.79 Å². The lowest BCUT2D eigenvalue weighted by atomic mass is 10.2. The maximum Gasteiger partial charge on any atom is 0.242 e. The summed E-state index contributed by atoms with van der Waals surface area (Å²) in [6.07, 6.45) is 0. The lowest BCUT2D eigenvalue weighted by Gasteiger charge is -2.37. The number of para-hydroxylation sites is 2. The number of hydrogen-bond donors (Lipinski definition) is 0. The molecule has 4 nitrogen and oxygen atoms in total. The van der Waals surface area contributed by atoms with E-state index in [9.17, 15) is 4.79 Å². The van der Waals surface area contributed by atoms with Gasteiger partial charge in [0.2, 0.25) is 5.91 Å². The Bertz CT molecular complexity index is 684. The number of piperazine rings is 1. The highest BCUT2D eigenvalue weighted by molar-refractivity contribution is 6.33. The van der Waals surface area contributed by atoms with E-state index in [2.05, 4.69) is 4.90 Å². The van der Waals surface area contributed by atoms with Crippen LogP contribution >= 0.6 is 11.6 Å². The van der Waals surface area contributed by atoms with Crippen molar-refractivity contribution in [1.82, 2.24) is 4.90 Å². The van der Waals surface area contributed by atoms with E-state index in [1.807, 2.05) is 71.4 Å². The molecule has 1 amide bonds. The molecule has 2 aromatic rings. The van der Waals surface area contributed by atoms with Gasteiger partial charge < -0.3 is 14.7 Å². The van der Waals surface area contributed by atoms with Crippen LogP contribution in [0.25, 0.3) is 0 Å². The molecule has 0 bridgehead atoms. The van der Waals surface area contributed by atoms with Crippen molar-refractivity contribution >= 4 is 28.9 Å². The van der Waals surface area contributed by atoms with Crippen molar-refractivity contribution in [2.24, 2.45) is 0 Å². The Morgan fingerprint density at radius 2 is 1.62 bits per heavy atom. The maximum absolute atomic E-state index is 12.5. The number of benzene rings is 2. The van der Waals surface area contributed by atoms with E-state index < -0.39 is 0 Å². The minimum absolute atomic E-state index is 0.167. The number of anilines is 2. The van der Waals surface area contributed by atoms with Crippen molar-refractivity contribution in [3.05, 3.63) is 59.6 Å². The zero-order valence-electron chi connectivity index (χ0n) is 13.9. The van der Waals surface area contributed by atoms with Crippen LogP contribution in [0.3, 0.4) is 0 Å². The van der Waals surface area contributed by atoms with Crippen LogP contribution in [0, 0.1) is 0 Å². The van der Waals surface area contributed by atoms with E-state index >= 15 is 0 Å². The summed E-state index contributed by atoms with van der Waals surface area (Å²) in [5.41, 5.74) is 2.10. The number of halogens is 1. The second kappa shape index (κ2) is 7.58. The molecule has 24 heavy (non-hydrogen) atoms. The lowest BCUT2D eigenvalue weighted by Crippen LogP contribution is -2.51. The fourth-order valence-corrected chi connectivity index (χ4v) is 3.24. The zero-order valence-corrected chi connectivity index (χ0v) is 14.6. The minimum Gasteiger partial charge on any atom is -0.367 e. The first-order valence-corrected chi connectivity index (χ1v) is 8.56. The molecule has 0 atom stereocenters. The second-order valence-electron chi connectivity index (χ2n) is 6.01. The number of carbonyl (C=O) groups excluding carboxylic acids is 1. The number of hydrogen-bond acceptors (Lipinski definition) is 3. The van der Waals surface area contributed by atoms with Crippen molar-refractivity contribution in [2.45, 2.75) is 0 Å². The molecule has 0 radical (unpaired) electrons. The summed E-state index contributed by atoms with van der Waals surface area (Å²) < 4.78 is 0. The predicted molar refractivity (Wildman–Crippen MR) is 100.0 cm³/mol. The molecule has 0 unspecified atom stereocenters. The molecule has 1 aliphatic heterocycles. The average Bonchev–Trinajstić information content (AvgIpc) is 2.63. The van der Waals surface area contributed by atoms with E-state index in [0.717, 1.165) is 42.6 Å². The summed E-state index contributed by atoms with van der Waals surface area (Å²) >= 11 is 6.26. The Balaban J connectivity index is 1.55. The van der Waals surface area contributed by atoms with E-state index in [0.29, 0.717) is 6.54 Å². The van der Waals surface area contributed by atoms with Gasteiger partial charge in [0.25, 0.3) is 0 Å². The maximum atomic E-state index is 12.5. The van der Waals surface area contributed by atoms with Gasteiger partial charge in [-0.25, -0.2) is 0 Å². The number of amides is 1. The summed E-state index contributed by atoms with van der Waals surface area (Å²) in [6, 6.07) is 17.8. The molecule has 0 aliphatic carbocycles. The monoisotopic (exact) mass is 343 g/mol. The van der Waals surface area contributed by atoms with Crippen LogP contribution in [-0.4, -0.2) is 50.6 Å². The van der Waals surface area contributed by atoms with Crippen molar-refractivity contribution in [3.63, 3.8) is 0 Å². The van der Waals surface area contributed by atoms with Gasteiger partial charge in [0.15, 0.2) is 0 Å². The summed E-state index contributed by atoms with van der Waals surface area (Å²) in [4.78, 5) is 18.7. The molecular formula is C19H22ClN3O. The van der Waals surface area contributed by atoms with Gasteiger partial charge in [-0.1, -0.05) is 41.9 Å². The molecule has 5 heteroatoms. The molecule has 1 saturated heterocycles. The largest absolute Gasteiger partial charge is 0.367 e. The summed E-state index contributed by atoms with van der Waals surface area (Å²) in [5.74, 6) is 0.167. The summed E-state index contributed by atoms with van der Waals surface area (Å²) in [5, 5.41) is 0.765. The SMILES string of the molecule is CN(CC(=O)N1CCN(c2ccccc2Cl)CC1)c1ccccc1. The second-order valence-corrected chi connectivity index (χ2v) is 6.42. The highest BCUT2D eigenvalue weighted by Gasteiger charge is 2.23. The van der Waals surface area contributed by atoms with Gasteiger partial charge in [0.05, 0.1) is 17.3 Å². The molecule has 1 aliphatic rings. The van der Waals surface area contributed by atoms with Crippen molar-refractivity contribution < 1.29 is 4.79 Å². The number of nitrogens with zero attached hydrogens (tertiary/aromatic N) is 3. The van der Waals surface area contributed by atoms with E-state index in [1.54, 1.807) is 0 Å². The smallest absolute Gasteiger partial charge is 0.242 e. The standard InChI is InChI=1S/C19H22ClN3O/c1-21(16-7-3-2-4-8-16)15-19(24)23-13-11-22(12-14-23)18-10-6-5-9-17(18)20/h2-10H,11-15H2,1H3. The molecule has 0 aromatic heterocycles. The minimum atomic E-state index is 0.167. The third-order valence-electron chi connectivity index (χ3n) is 4.39. The van der Waals surface area contributed by atoms with Gasteiger partial charge in [0, 0.05) is 38.9 Å². The zero-order chi connectivity index (χ0) is 16.9. The van der Waals surface area contributed by atoms with Gasteiger partial charge in [-0.2, -0.15) is 0 Å². The van der Waals surface area contributed by atoms with Crippen LogP contribution < -0.4 is 9.80 Å². The first-order chi connectivity index (χ1) is 11.6. The first kappa shape index (κ1) is 16.7. The molecule has 0 spiro atoms. The Hall–Kier alpha value is -2.20. The number of rotatable bonds is 4. The van der Waals surface area contributed by atoms with Gasteiger partial charge in [0.1, 0.15) is 0 Å². The third kappa shape index (κ3) is 3.82. The number of carbonyl (C=O) groups is 1. The van der Waals surface area contributed by atoms with Gasteiger partial charge in [-0.05, 0) is 24.3 Å². The topological polar surface area (TPSA) is 26.8 Å². The normalized spacial score (nSPS) is 14.6. The molecule has 2 aromatic carbocycles. The molecule has 1 fully saturated rings. The van der Waals surface area contributed by atoms with Crippen LogP contribution in [0.4, 0.5) is 11.4 Å². The Morgan fingerprint density at radius 1 is 1.00 bits per heavy atom. The fraction of sp³-hybridized carbons (Fsp3) is 0.316. The third-order valence-corrected chi connectivity index (χ3v) is 4.71. The molecule has 3 rings (SSSR count). The summed E-state index contributed by atoms with van der Waals surface area (Å²) in [6.45, 7) is 3.48. The van der Waals surface area contributed by atoms with Crippen LogP contribution in [0.1, 0.15) is 0 Å². The van der Waals surface area contributed by atoms with Crippen molar-refractivity contribution in [2.75, 3.05) is 49.6 Å². The molecule has 0 N–H and O–H groups in total. The van der Waals surface area contributed by atoms with E-state index in [4.69, 9.17) is 11.6 Å². The summed E-state index contributed by atoms with van der Waals surface area (Å²) in [7, 11) is 1.95. The van der Waals surface area contributed by atoms with Crippen LogP contribution in [-0.2, 0) is 4.79 Å². The highest BCUT2D eigenvalue weighted by atomic mass is 35.5. The lowest BCUT2D eigenvalue weighted by molar-refractivity contribution is -0.129. The Kier molecular flexibility index (Phi) is 5.26. The van der Waals surface area contributed by atoms with Crippen LogP contribution in [0.15, 0.2) is 54.6 Å². The number of likely N-dealkylation sites (N-methyl/N-ethyl adjacent to an activating group) is 1. The molecule has 126 valence electrons. The van der Waals surface area contributed by atoms with E-state index in [-0.39, 0.29) is 5.91 Å². The first-order valence-electron chi connectivity index (χ1n) is 8.18. The molecular weight excluding hydrogens is 322 g/mol. The molecule has 0 saturated carbocycles. The van der Waals surface area contributed by atoms with Gasteiger partial charge in [-0.15, -0.1) is 0 Å².